The maximum absolute atomic E-state index is 12.7. The predicted octanol–water partition coefficient (Wildman–Crippen LogP) is -2.86. The molecule has 0 aromatic carbocycles. The molecular formula is C18H18ClN3O6. The molecule has 0 bridgehead atoms. The zero-order chi connectivity index (χ0) is 20.9. The average Bonchev–Trinajstić information content (AvgIpc) is 2.61. The van der Waals surface area contributed by atoms with Gasteiger partial charge in [-0.15, -0.1) is 10.2 Å². The Kier molecular flexibility index (Phi) is 6.95. The molecule has 0 aliphatic rings. The van der Waals surface area contributed by atoms with Crippen LogP contribution in [-0.4, -0.2) is 15.3 Å². The highest BCUT2D eigenvalue weighted by molar-refractivity contribution is 5.97. The smallest absolute Gasteiger partial charge is 0.232 e. The van der Waals surface area contributed by atoms with E-state index in [1.807, 2.05) is 49.0 Å². The summed E-state index contributed by atoms with van der Waals surface area (Å²) in [6.07, 6.45) is 5.24. The van der Waals surface area contributed by atoms with Crippen molar-refractivity contribution >= 4 is 16.8 Å². The van der Waals surface area contributed by atoms with Gasteiger partial charge in [0, 0.05) is 30.6 Å². The van der Waals surface area contributed by atoms with E-state index >= 15 is 0 Å². The van der Waals surface area contributed by atoms with Crippen molar-refractivity contribution < 1.29 is 38.2 Å². The largest absolute Gasteiger partial charge is 0.332 e. The van der Waals surface area contributed by atoms with Gasteiger partial charge in [0.05, 0.1) is 10.9 Å². The van der Waals surface area contributed by atoms with E-state index in [0.717, 1.165) is 5.69 Å². The Bertz CT molecular complexity index is 1030. The van der Waals surface area contributed by atoms with Crippen molar-refractivity contribution in [2.75, 3.05) is 0 Å². The standard InChI is InChI=1S/C18H18N3O2.ClHO4/c1-3-21-11-15(16(22)12-20-9-5-4-6-10-20)17(23)14-8-7-13(2)19-18(14)21;2-1(3,4)5/h4-11H,3,12H2,1-2H3;(H,2,3,4,5)/q+1;/p-1. The zero-order valence-corrected chi connectivity index (χ0v) is 16.0. The molecule has 0 spiro atoms. The van der Waals surface area contributed by atoms with Gasteiger partial charge in [-0.2, -0.15) is 4.57 Å². The number of pyridine rings is 3. The summed E-state index contributed by atoms with van der Waals surface area (Å²) in [6.45, 7) is 4.64. The number of Topliss-reactive ketones (excluding diaryl/α,β-unsaturated/α-hetero) is 1. The molecule has 0 atom stereocenters. The van der Waals surface area contributed by atoms with Crippen LogP contribution in [0.1, 0.15) is 23.0 Å². The van der Waals surface area contributed by atoms with E-state index in [-0.39, 0.29) is 23.3 Å². The number of aromatic nitrogens is 3. The Hall–Kier alpha value is -2.69. The first-order valence-electron chi connectivity index (χ1n) is 8.20. The lowest BCUT2D eigenvalue weighted by molar-refractivity contribution is -2.00. The molecule has 0 N–H and O–H groups in total. The molecular weight excluding hydrogens is 390 g/mol. The van der Waals surface area contributed by atoms with Crippen LogP contribution in [0.25, 0.3) is 11.0 Å². The van der Waals surface area contributed by atoms with Crippen LogP contribution >= 0.6 is 0 Å². The summed E-state index contributed by atoms with van der Waals surface area (Å²) in [5.41, 5.74) is 1.43. The van der Waals surface area contributed by atoms with Gasteiger partial charge in [0.25, 0.3) is 0 Å². The van der Waals surface area contributed by atoms with Crippen molar-refractivity contribution in [2.24, 2.45) is 0 Å². The Morgan fingerprint density at radius 3 is 2.32 bits per heavy atom. The van der Waals surface area contributed by atoms with Crippen LogP contribution < -0.4 is 28.6 Å². The highest BCUT2D eigenvalue weighted by Gasteiger charge is 2.19. The molecule has 10 heteroatoms. The molecule has 0 amide bonds. The molecule has 0 aliphatic carbocycles. The van der Waals surface area contributed by atoms with Gasteiger partial charge in [-0.3, -0.25) is 9.59 Å². The molecule has 148 valence electrons. The van der Waals surface area contributed by atoms with Crippen LogP contribution in [0.3, 0.4) is 0 Å². The van der Waals surface area contributed by atoms with Crippen LogP contribution in [0.4, 0.5) is 0 Å². The van der Waals surface area contributed by atoms with Gasteiger partial charge in [-0.05, 0) is 26.0 Å². The number of ketones is 1. The molecule has 0 saturated carbocycles. The lowest BCUT2D eigenvalue weighted by Crippen LogP contribution is -2.68. The number of aryl methyl sites for hydroxylation is 2. The van der Waals surface area contributed by atoms with Crippen LogP contribution in [0.2, 0.25) is 0 Å². The molecule has 0 saturated heterocycles. The summed E-state index contributed by atoms with van der Waals surface area (Å²) >= 11 is 0. The van der Waals surface area contributed by atoms with Crippen molar-refractivity contribution in [3.63, 3.8) is 0 Å². The molecule has 28 heavy (non-hydrogen) atoms. The van der Waals surface area contributed by atoms with Crippen LogP contribution in [0, 0.1) is 17.2 Å². The molecule has 0 unspecified atom stereocenters. The number of rotatable bonds is 4. The Balaban J connectivity index is 0.000000500. The number of carbonyl (C=O) groups excluding carboxylic acids is 1. The van der Waals surface area contributed by atoms with E-state index < -0.39 is 10.2 Å². The monoisotopic (exact) mass is 407 g/mol. The van der Waals surface area contributed by atoms with Crippen molar-refractivity contribution in [3.05, 3.63) is 70.4 Å². The van der Waals surface area contributed by atoms with E-state index in [9.17, 15) is 9.59 Å². The Morgan fingerprint density at radius 2 is 1.75 bits per heavy atom. The van der Waals surface area contributed by atoms with Gasteiger partial charge in [0.1, 0.15) is 5.65 Å². The fraction of sp³-hybridized carbons (Fsp3) is 0.222. The topological polar surface area (TPSA) is 148 Å². The summed E-state index contributed by atoms with van der Waals surface area (Å²) in [7, 11) is -4.94. The van der Waals surface area contributed by atoms with E-state index in [0.29, 0.717) is 17.6 Å². The molecule has 0 aliphatic heterocycles. The summed E-state index contributed by atoms with van der Waals surface area (Å²) in [4.78, 5) is 29.7. The summed E-state index contributed by atoms with van der Waals surface area (Å²) in [6, 6.07) is 9.13. The lowest BCUT2D eigenvalue weighted by Gasteiger charge is -2.17. The van der Waals surface area contributed by atoms with Crippen molar-refractivity contribution in [1.29, 1.82) is 0 Å². The van der Waals surface area contributed by atoms with Gasteiger partial charge < -0.3 is 4.57 Å². The molecule has 9 nitrogen and oxygen atoms in total. The van der Waals surface area contributed by atoms with Gasteiger partial charge in [0.15, 0.2) is 12.4 Å². The zero-order valence-electron chi connectivity index (χ0n) is 15.2. The third kappa shape index (κ3) is 5.91. The van der Waals surface area contributed by atoms with Gasteiger partial charge >= 0.3 is 0 Å². The second-order valence-electron chi connectivity index (χ2n) is 5.83. The minimum Gasteiger partial charge on any atom is -0.332 e. The van der Waals surface area contributed by atoms with Crippen molar-refractivity contribution in [2.45, 2.75) is 26.9 Å². The minimum absolute atomic E-state index is 0.143. The fourth-order valence-electron chi connectivity index (χ4n) is 2.59. The number of fused-ring (bicyclic) bond motifs is 1. The molecule has 0 fully saturated rings. The predicted molar refractivity (Wildman–Crippen MR) is 87.4 cm³/mol. The SMILES string of the molecule is CCn1cc(C(=O)C[n+]2ccccc2)c(=O)c2ccc(C)nc21.[O-][Cl+3]([O-])([O-])[O-]. The maximum Gasteiger partial charge on any atom is 0.232 e. The van der Waals surface area contributed by atoms with Crippen LogP contribution in [0.5, 0.6) is 0 Å². The van der Waals surface area contributed by atoms with E-state index in [1.54, 1.807) is 22.9 Å². The second-order valence-corrected chi connectivity index (χ2v) is 6.59. The number of nitrogens with zero attached hydrogens (tertiary/aromatic N) is 3. The number of halogens is 1. The first-order valence-corrected chi connectivity index (χ1v) is 9.43. The third-order valence-electron chi connectivity index (χ3n) is 3.81. The van der Waals surface area contributed by atoms with Gasteiger partial charge in [-0.25, -0.2) is 23.6 Å². The van der Waals surface area contributed by atoms with E-state index in [2.05, 4.69) is 4.98 Å². The molecule has 3 aromatic rings. The quantitative estimate of drug-likeness (QED) is 0.333. The molecule has 3 aromatic heterocycles. The normalized spacial score (nSPS) is 11.1. The Labute approximate surface area is 162 Å². The van der Waals surface area contributed by atoms with E-state index in [4.69, 9.17) is 18.6 Å². The highest BCUT2D eigenvalue weighted by atomic mass is 35.7. The lowest BCUT2D eigenvalue weighted by atomic mass is 10.1. The number of hydrogen-bond donors (Lipinski definition) is 0. The van der Waals surface area contributed by atoms with Crippen LogP contribution in [-0.2, 0) is 13.1 Å². The number of carbonyl (C=O) groups is 1. The fourth-order valence-corrected chi connectivity index (χ4v) is 2.59. The molecule has 3 rings (SSSR count). The molecule has 0 radical (unpaired) electrons. The summed E-state index contributed by atoms with van der Waals surface area (Å²) in [5.74, 6) is -0.198. The summed E-state index contributed by atoms with van der Waals surface area (Å²) < 4.78 is 37.6. The first-order chi connectivity index (χ1) is 13.1. The highest BCUT2D eigenvalue weighted by Crippen LogP contribution is 2.11. The second kappa shape index (κ2) is 9.00. The van der Waals surface area contributed by atoms with Crippen molar-refractivity contribution in [1.82, 2.24) is 9.55 Å². The number of hydrogen-bond acceptors (Lipinski definition) is 7. The third-order valence-corrected chi connectivity index (χ3v) is 3.81. The van der Waals surface area contributed by atoms with E-state index in [1.165, 1.54) is 0 Å². The summed E-state index contributed by atoms with van der Waals surface area (Å²) in [5, 5.41) is 0.487. The molecule has 3 heterocycles. The van der Waals surface area contributed by atoms with Gasteiger partial charge in [0.2, 0.25) is 17.8 Å². The maximum atomic E-state index is 12.7. The van der Waals surface area contributed by atoms with Crippen LogP contribution in [0.15, 0.2) is 53.7 Å². The minimum atomic E-state index is -4.94. The van der Waals surface area contributed by atoms with Gasteiger partial charge in [-0.1, -0.05) is 6.07 Å². The Morgan fingerprint density at radius 1 is 1.14 bits per heavy atom. The van der Waals surface area contributed by atoms with Crippen molar-refractivity contribution in [3.8, 4) is 0 Å². The average molecular weight is 408 g/mol. The first kappa shape index (κ1) is 21.6.